The van der Waals surface area contributed by atoms with Crippen LogP contribution < -0.4 is 10.7 Å². The van der Waals surface area contributed by atoms with E-state index in [2.05, 4.69) is 10.7 Å². The predicted octanol–water partition coefficient (Wildman–Crippen LogP) is 0.237. The second kappa shape index (κ2) is 4.91. The maximum Gasteiger partial charge on any atom is 0.265 e. The first-order valence-electron chi connectivity index (χ1n) is 5.18. The van der Waals surface area contributed by atoms with Crippen LogP contribution >= 0.6 is 0 Å². The number of piperazine rings is 1. The molecule has 2 rings (SSSR count). The van der Waals surface area contributed by atoms with Crippen molar-refractivity contribution in [2.45, 2.75) is 0 Å². The van der Waals surface area contributed by atoms with Gasteiger partial charge in [-0.15, -0.1) is 0 Å². The molecule has 1 aliphatic rings. The van der Waals surface area contributed by atoms with Crippen molar-refractivity contribution in [1.82, 2.24) is 15.8 Å². The van der Waals surface area contributed by atoms with Gasteiger partial charge < -0.3 is 5.32 Å². The van der Waals surface area contributed by atoms with E-state index in [9.17, 15) is 4.79 Å². The zero-order valence-electron chi connectivity index (χ0n) is 8.57. The molecule has 4 heteroatoms. The number of amides is 1. The summed E-state index contributed by atoms with van der Waals surface area (Å²) in [5.74, 6) is -0.0301. The highest BCUT2D eigenvalue weighted by molar-refractivity contribution is 5.93. The molecule has 1 fully saturated rings. The molecule has 1 aromatic carbocycles. The first-order chi connectivity index (χ1) is 7.36. The second-order valence-electron chi connectivity index (χ2n) is 3.54. The molecular formula is C11H15N3O. The van der Waals surface area contributed by atoms with Crippen molar-refractivity contribution in [2.75, 3.05) is 26.2 Å². The third kappa shape index (κ3) is 2.78. The van der Waals surface area contributed by atoms with E-state index >= 15 is 0 Å². The Bertz CT molecular complexity index is 320. The largest absolute Gasteiger partial charge is 0.314 e. The normalized spacial score (nSPS) is 17.3. The predicted molar refractivity (Wildman–Crippen MR) is 58.4 cm³/mol. The van der Waals surface area contributed by atoms with Gasteiger partial charge in [0, 0.05) is 31.7 Å². The molecule has 0 bridgehead atoms. The summed E-state index contributed by atoms with van der Waals surface area (Å²) in [5, 5.41) is 5.18. The van der Waals surface area contributed by atoms with Crippen LogP contribution in [0.1, 0.15) is 10.4 Å². The van der Waals surface area contributed by atoms with Gasteiger partial charge in [-0.25, -0.2) is 5.01 Å². The van der Waals surface area contributed by atoms with Gasteiger partial charge in [0.25, 0.3) is 5.91 Å². The summed E-state index contributed by atoms with van der Waals surface area (Å²) in [7, 11) is 0. The van der Waals surface area contributed by atoms with Gasteiger partial charge in [-0.3, -0.25) is 10.2 Å². The first kappa shape index (κ1) is 10.1. The Hall–Kier alpha value is -1.39. The summed E-state index contributed by atoms with van der Waals surface area (Å²) >= 11 is 0. The van der Waals surface area contributed by atoms with Gasteiger partial charge in [0.15, 0.2) is 0 Å². The van der Waals surface area contributed by atoms with Crippen molar-refractivity contribution < 1.29 is 4.79 Å². The van der Waals surface area contributed by atoms with Crippen molar-refractivity contribution >= 4 is 5.91 Å². The third-order valence-corrected chi connectivity index (χ3v) is 2.41. The lowest BCUT2D eigenvalue weighted by atomic mass is 10.2. The van der Waals surface area contributed by atoms with Crippen molar-refractivity contribution in [3.63, 3.8) is 0 Å². The van der Waals surface area contributed by atoms with Crippen LogP contribution in [-0.2, 0) is 0 Å². The molecule has 1 aliphatic heterocycles. The van der Waals surface area contributed by atoms with Crippen molar-refractivity contribution in [3.8, 4) is 0 Å². The molecule has 0 unspecified atom stereocenters. The van der Waals surface area contributed by atoms with Gasteiger partial charge in [-0.1, -0.05) is 18.2 Å². The summed E-state index contributed by atoms with van der Waals surface area (Å²) in [6.45, 7) is 3.57. The number of hydrogen-bond donors (Lipinski definition) is 2. The molecule has 0 radical (unpaired) electrons. The van der Waals surface area contributed by atoms with Gasteiger partial charge >= 0.3 is 0 Å². The lowest BCUT2D eigenvalue weighted by Crippen LogP contribution is -2.52. The van der Waals surface area contributed by atoms with Crippen LogP contribution in [0.5, 0.6) is 0 Å². The first-order valence-corrected chi connectivity index (χ1v) is 5.18. The van der Waals surface area contributed by atoms with E-state index in [0.717, 1.165) is 26.2 Å². The standard InChI is InChI=1S/C11H15N3O/c15-11(10-4-2-1-3-5-10)13-14-8-6-12-7-9-14/h1-5,12H,6-9H2,(H,13,15). The van der Waals surface area contributed by atoms with Crippen molar-refractivity contribution in [1.29, 1.82) is 0 Å². The minimum atomic E-state index is -0.0301. The fraction of sp³-hybridized carbons (Fsp3) is 0.364. The quantitative estimate of drug-likeness (QED) is 0.727. The Labute approximate surface area is 89.2 Å². The van der Waals surface area contributed by atoms with E-state index < -0.39 is 0 Å². The van der Waals surface area contributed by atoms with E-state index in [1.807, 2.05) is 35.3 Å². The minimum absolute atomic E-state index is 0.0301. The number of nitrogens with zero attached hydrogens (tertiary/aromatic N) is 1. The van der Waals surface area contributed by atoms with Gasteiger partial charge in [0.05, 0.1) is 0 Å². The molecule has 0 aliphatic carbocycles. The summed E-state index contributed by atoms with van der Waals surface area (Å²) in [6.07, 6.45) is 0. The molecule has 1 heterocycles. The van der Waals surface area contributed by atoms with E-state index in [1.165, 1.54) is 0 Å². The number of carbonyl (C=O) groups is 1. The lowest BCUT2D eigenvalue weighted by molar-refractivity contribution is 0.0765. The summed E-state index contributed by atoms with van der Waals surface area (Å²) in [5.41, 5.74) is 3.59. The Morgan fingerprint density at radius 2 is 1.87 bits per heavy atom. The number of hydrogen-bond acceptors (Lipinski definition) is 3. The molecule has 2 N–H and O–H groups in total. The highest BCUT2D eigenvalue weighted by Crippen LogP contribution is 1.98. The zero-order chi connectivity index (χ0) is 10.5. The number of rotatable bonds is 2. The molecule has 0 atom stereocenters. The van der Waals surface area contributed by atoms with E-state index in [0.29, 0.717) is 5.56 Å². The Kier molecular flexibility index (Phi) is 3.32. The van der Waals surface area contributed by atoms with Crippen LogP contribution in [0.4, 0.5) is 0 Å². The van der Waals surface area contributed by atoms with Crippen molar-refractivity contribution in [3.05, 3.63) is 35.9 Å². The number of benzene rings is 1. The molecule has 80 valence electrons. The van der Waals surface area contributed by atoms with Crippen LogP contribution in [0.15, 0.2) is 30.3 Å². The summed E-state index contributed by atoms with van der Waals surface area (Å²) in [4.78, 5) is 11.7. The Balaban J connectivity index is 1.91. The summed E-state index contributed by atoms with van der Waals surface area (Å²) in [6, 6.07) is 9.27. The van der Waals surface area contributed by atoms with E-state index in [-0.39, 0.29) is 5.91 Å². The van der Waals surface area contributed by atoms with Gasteiger partial charge in [-0.2, -0.15) is 0 Å². The Morgan fingerprint density at radius 1 is 1.20 bits per heavy atom. The molecule has 0 saturated carbocycles. The second-order valence-corrected chi connectivity index (χ2v) is 3.54. The van der Waals surface area contributed by atoms with Crippen molar-refractivity contribution in [2.24, 2.45) is 0 Å². The highest BCUT2D eigenvalue weighted by atomic mass is 16.2. The lowest BCUT2D eigenvalue weighted by Gasteiger charge is -2.27. The van der Waals surface area contributed by atoms with E-state index in [4.69, 9.17) is 0 Å². The topological polar surface area (TPSA) is 44.4 Å². The van der Waals surface area contributed by atoms with Gasteiger partial charge in [0.2, 0.25) is 0 Å². The number of nitrogens with one attached hydrogen (secondary N) is 2. The van der Waals surface area contributed by atoms with Crippen LogP contribution in [0.2, 0.25) is 0 Å². The molecule has 15 heavy (non-hydrogen) atoms. The molecule has 0 spiro atoms. The van der Waals surface area contributed by atoms with Crippen LogP contribution in [0.3, 0.4) is 0 Å². The zero-order valence-corrected chi connectivity index (χ0v) is 8.57. The highest BCUT2D eigenvalue weighted by Gasteiger charge is 2.12. The minimum Gasteiger partial charge on any atom is -0.314 e. The molecular weight excluding hydrogens is 190 g/mol. The monoisotopic (exact) mass is 205 g/mol. The van der Waals surface area contributed by atoms with E-state index in [1.54, 1.807) is 0 Å². The molecule has 0 aromatic heterocycles. The number of hydrazine groups is 1. The molecule has 1 saturated heterocycles. The van der Waals surface area contributed by atoms with Crippen LogP contribution in [0.25, 0.3) is 0 Å². The van der Waals surface area contributed by atoms with Gasteiger partial charge in [0.1, 0.15) is 0 Å². The molecule has 1 aromatic rings. The third-order valence-electron chi connectivity index (χ3n) is 2.41. The fourth-order valence-corrected chi connectivity index (χ4v) is 1.57. The molecule has 1 amide bonds. The smallest absolute Gasteiger partial charge is 0.265 e. The average molecular weight is 205 g/mol. The maximum absolute atomic E-state index is 11.7. The SMILES string of the molecule is O=C(NN1CCNCC1)c1ccccc1. The fourth-order valence-electron chi connectivity index (χ4n) is 1.57. The van der Waals surface area contributed by atoms with Crippen LogP contribution in [0, 0.1) is 0 Å². The maximum atomic E-state index is 11.7. The van der Waals surface area contributed by atoms with Gasteiger partial charge in [-0.05, 0) is 12.1 Å². The number of carbonyl (C=O) groups excluding carboxylic acids is 1. The van der Waals surface area contributed by atoms with Crippen LogP contribution in [-0.4, -0.2) is 37.1 Å². The summed E-state index contributed by atoms with van der Waals surface area (Å²) < 4.78 is 0. The Morgan fingerprint density at radius 3 is 2.53 bits per heavy atom. The molecule has 4 nitrogen and oxygen atoms in total. The average Bonchev–Trinajstić information content (AvgIpc) is 2.31.